The Kier molecular flexibility index (Phi) is 5.18. The number of para-hydroxylation sites is 1. The maximum absolute atomic E-state index is 3.30. The molecule has 1 aliphatic rings. The second kappa shape index (κ2) is 5.64. The number of fused-ring (bicyclic) bond motifs is 1. The van der Waals surface area contributed by atoms with Gasteiger partial charge in [-0.05, 0) is 18.1 Å². The molecule has 2 rings (SSSR count). The van der Waals surface area contributed by atoms with Crippen molar-refractivity contribution >= 4 is 5.69 Å². The van der Waals surface area contributed by atoms with E-state index in [-0.39, 0.29) is 7.43 Å². The van der Waals surface area contributed by atoms with E-state index in [9.17, 15) is 0 Å². The highest BCUT2D eigenvalue weighted by Gasteiger charge is 2.05. The molecule has 1 heteroatoms. The Labute approximate surface area is 75.8 Å². The Hall–Kier alpha value is -0.980. The van der Waals surface area contributed by atoms with Gasteiger partial charge in [0, 0.05) is 12.2 Å². The third kappa shape index (κ3) is 2.26. The molecule has 0 saturated carbocycles. The lowest BCUT2D eigenvalue weighted by Gasteiger charge is -1.94. The number of benzene rings is 1. The first-order valence-electron chi connectivity index (χ1n) is 4.28. The molecule has 1 N–H and O–H groups in total. The average Bonchev–Trinajstić information content (AvgIpc) is 2.55. The average molecular weight is 165 g/mol. The summed E-state index contributed by atoms with van der Waals surface area (Å²) in [5, 5.41) is 3.30. The van der Waals surface area contributed by atoms with Crippen LogP contribution in [0, 0.1) is 0 Å². The summed E-state index contributed by atoms with van der Waals surface area (Å²) in [4.78, 5) is 0. The van der Waals surface area contributed by atoms with Gasteiger partial charge in [0.15, 0.2) is 0 Å². The molecule has 0 aromatic heterocycles. The monoisotopic (exact) mass is 165 g/mol. The van der Waals surface area contributed by atoms with Crippen molar-refractivity contribution in [2.24, 2.45) is 0 Å². The predicted molar refractivity (Wildman–Crippen MR) is 56.7 cm³/mol. The van der Waals surface area contributed by atoms with Crippen LogP contribution in [-0.2, 0) is 6.42 Å². The summed E-state index contributed by atoms with van der Waals surface area (Å²) in [6.45, 7) is 5.11. The van der Waals surface area contributed by atoms with Crippen molar-refractivity contribution in [3.63, 3.8) is 0 Å². The van der Waals surface area contributed by atoms with E-state index in [0.717, 1.165) is 6.54 Å². The third-order valence-corrected chi connectivity index (χ3v) is 1.73. The smallest absolute Gasteiger partial charge is 0.0373 e. The van der Waals surface area contributed by atoms with E-state index in [0.29, 0.717) is 0 Å². The van der Waals surface area contributed by atoms with Crippen LogP contribution in [0.3, 0.4) is 0 Å². The molecule has 0 aliphatic carbocycles. The van der Waals surface area contributed by atoms with Crippen molar-refractivity contribution in [1.82, 2.24) is 0 Å². The van der Waals surface area contributed by atoms with Gasteiger partial charge < -0.3 is 5.32 Å². The molecule has 0 bridgehead atoms. The van der Waals surface area contributed by atoms with E-state index >= 15 is 0 Å². The molecule has 12 heavy (non-hydrogen) atoms. The predicted octanol–water partition coefficient (Wildman–Crippen LogP) is 3.32. The fourth-order valence-electron chi connectivity index (χ4n) is 1.24. The number of anilines is 1. The summed E-state index contributed by atoms with van der Waals surface area (Å²) in [6.07, 6.45) is 1.19. The summed E-state index contributed by atoms with van der Waals surface area (Å²) < 4.78 is 0. The number of rotatable bonds is 0. The molecule has 0 fully saturated rings. The fourth-order valence-corrected chi connectivity index (χ4v) is 1.24. The summed E-state index contributed by atoms with van der Waals surface area (Å²) >= 11 is 0. The molecule has 0 atom stereocenters. The molecule has 0 spiro atoms. The Balaban J connectivity index is 0.000000378. The van der Waals surface area contributed by atoms with Gasteiger partial charge in [-0.15, -0.1) is 0 Å². The zero-order chi connectivity index (χ0) is 8.10. The largest absolute Gasteiger partial charge is 0.384 e. The molecule has 1 aromatic carbocycles. The Morgan fingerprint density at radius 2 is 1.83 bits per heavy atom. The maximum Gasteiger partial charge on any atom is 0.0373 e. The van der Waals surface area contributed by atoms with Crippen LogP contribution in [0.5, 0.6) is 0 Å². The van der Waals surface area contributed by atoms with Crippen LogP contribution < -0.4 is 5.32 Å². The van der Waals surface area contributed by atoms with Gasteiger partial charge in [0.2, 0.25) is 0 Å². The van der Waals surface area contributed by atoms with E-state index in [2.05, 4.69) is 29.6 Å². The fraction of sp³-hybridized carbons (Fsp3) is 0.455. The van der Waals surface area contributed by atoms with Gasteiger partial charge in [-0.1, -0.05) is 39.5 Å². The molecule has 1 aromatic rings. The second-order valence-electron chi connectivity index (χ2n) is 2.33. The lowest BCUT2D eigenvalue weighted by Crippen LogP contribution is -1.90. The van der Waals surface area contributed by atoms with Crippen LogP contribution in [-0.4, -0.2) is 6.54 Å². The molecule has 0 unspecified atom stereocenters. The quantitative estimate of drug-likeness (QED) is 0.622. The first kappa shape index (κ1) is 11.0. The van der Waals surface area contributed by atoms with Crippen molar-refractivity contribution in [3.8, 4) is 0 Å². The van der Waals surface area contributed by atoms with Crippen molar-refractivity contribution in [1.29, 1.82) is 0 Å². The zero-order valence-corrected chi connectivity index (χ0v) is 7.22. The van der Waals surface area contributed by atoms with Crippen LogP contribution in [0.15, 0.2) is 24.3 Å². The van der Waals surface area contributed by atoms with E-state index in [4.69, 9.17) is 0 Å². The van der Waals surface area contributed by atoms with Gasteiger partial charge >= 0.3 is 0 Å². The van der Waals surface area contributed by atoms with Crippen molar-refractivity contribution in [2.75, 3.05) is 11.9 Å². The van der Waals surface area contributed by atoms with Crippen LogP contribution >= 0.6 is 0 Å². The van der Waals surface area contributed by atoms with Gasteiger partial charge in [-0.25, -0.2) is 0 Å². The molecule has 0 amide bonds. The minimum atomic E-state index is 0. The van der Waals surface area contributed by atoms with E-state index in [1.54, 1.807) is 0 Å². The van der Waals surface area contributed by atoms with E-state index in [1.807, 2.05) is 13.8 Å². The molecule has 1 heterocycles. The number of hydrogen-bond acceptors (Lipinski definition) is 1. The lowest BCUT2D eigenvalue weighted by molar-refractivity contribution is 1.11. The third-order valence-electron chi connectivity index (χ3n) is 1.73. The molecular weight excluding hydrogens is 146 g/mol. The standard InChI is InChI=1S/C8H9N.C2H6.CH4/c1-2-4-8-7(3-1)5-6-9-8;1-2;/h1-4,9H,5-6H2;1-2H3;1H4. The van der Waals surface area contributed by atoms with Gasteiger partial charge in [0.25, 0.3) is 0 Å². The first-order chi connectivity index (χ1) is 5.47. The van der Waals surface area contributed by atoms with Gasteiger partial charge in [0.05, 0.1) is 0 Å². The van der Waals surface area contributed by atoms with Crippen molar-refractivity contribution in [3.05, 3.63) is 29.8 Å². The summed E-state index contributed by atoms with van der Waals surface area (Å²) in [5.41, 5.74) is 2.77. The summed E-state index contributed by atoms with van der Waals surface area (Å²) in [5.74, 6) is 0. The van der Waals surface area contributed by atoms with Crippen molar-refractivity contribution < 1.29 is 0 Å². The zero-order valence-electron chi connectivity index (χ0n) is 7.22. The van der Waals surface area contributed by atoms with E-state index in [1.165, 1.54) is 17.7 Å². The normalized spacial score (nSPS) is 11.5. The van der Waals surface area contributed by atoms with Crippen LogP contribution in [0.25, 0.3) is 0 Å². The molecule has 1 nitrogen and oxygen atoms in total. The van der Waals surface area contributed by atoms with Gasteiger partial charge in [0.1, 0.15) is 0 Å². The first-order valence-corrected chi connectivity index (χ1v) is 4.28. The SMILES string of the molecule is C.CC.c1ccc2c(c1)CCN2. The summed E-state index contributed by atoms with van der Waals surface area (Å²) in [7, 11) is 0. The second-order valence-corrected chi connectivity index (χ2v) is 2.33. The molecule has 0 saturated heterocycles. The highest BCUT2D eigenvalue weighted by molar-refractivity contribution is 5.54. The van der Waals surface area contributed by atoms with Crippen molar-refractivity contribution in [2.45, 2.75) is 27.7 Å². The minimum Gasteiger partial charge on any atom is -0.384 e. The maximum atomic E-state index is 3.30. The van der Waals surface area contributed by atoms with Crippen LogP contribution in [0.1, 0.15) is 26.8 Å². The molecule has 68 valence electrons. The molecule has 1 aliphatic heterocycles. The van der Waals surface area contributed by atoms with Crippen LogP contribution in [0.4, 0.5) is 5.69 Å². The molecule has 0 radical (unpaired) electrons. The molecular formula is C11H19N. The van der Waals surface area contributed by atoms with E-state index < -0.39 is 0 Å². The van der Waals surface area contributed by atoms with Gasteiger partial charge in [-0.2, -0.15) is 0 Å². The van der Waals surface area contributed by atoms with Gasteiger partial charge in [-0.3, -0.25) is 0 Å². The number of hydrogen-bond donors (Lipinski definition) is 1. The Morgan fingerprint density at radius 3 is 2.50 bits per heavy atom. The topological polar surface area (TPSA) is 12.0 Å². The van der Waals surface area contributed by atoms with Crippen LogP contribution in [0.2, 0.25) is 0 Å². The lowest BCUT2D eigenvalue weighted by atomic mass is 10.2. The Morgan fingerprint density at radius 1 is 1.17 bits per heavy atom. The highest BCUT2D eigenvalue weighted by atomic mass is 14.9. The minimum absolute atomic E-state index is 0. The number of nitrogens with one attached hydrogen (secondary N) is 1. The highest BCUT2D eigenvalue weighted by Crippen LogP contribution is 2.19. The Bertz CT molecular complexity index is 195. The summed E-state index contributed by atoms with van der Waals surface area (Å²) in [6, 6.07) is 8.46.